The number of aromatic nitrogens is 1. The maximum atomic E-state index is 12.7. The van der Waals surface area contributed by atoms with E-state index in [1.165, 1.54) is 0 Å². The van der Waals surface area contributed by atoms with Crippen LogP contribution in [0.2, 0.25) is 0 Å². The molecule has 2 heterocycles. The highest BCUT2D eigenvalue weighted by Crippen LogP contribution is 2.26. The van der Waals surface area contributed by atoms with E-state index in [0.717, 1.165) is 41.8 Å². The molecular formula is C21H27N3O2. The summed E-state index contributed by atoms with van der Waals surface area (Å²) in [5.41, 5.74) is 3.64. The van der Waals surface area contributed by atoms with E-state index in [9.17, 15) is 4.79 Å². The van der Waals surface area contributed by atoms with Gasteiger partial charge < -0.3 is 15.4 Å². The quantitative estimate of drug-likeness (QED) is 0.867. The van der Waals surface area contributed by atoms with Gasteiger partial charge in [0.05, 0.1) is 0 Å². The molecule has 0 bridgehead atoms. The van der Waals surface area contributed by atoms with Crippen LogP contribution in [-0.4, -0.2) is 29.5 Å². The van der Waals surface area contributed by atoms with Crippen LogP contribution in [0.25, 0.3) is 0 Å². The highest BCUT2D eigenvalue weighted by atomic mass is 16.5. The number of carbonyl (C=O) groups is 1. The van der Waals surface area contributed by atoms with Gasteiger partial charge in [-0.05, 0) is 69.5 Å². The van der Waals surface area contributed by atoms with Crippen LogP contribution in [0, 0.1) is 13.8 Å². The van der Waals surface area contributed by atoms with Crippen molar-refractivity contribution in [1.82, 2.24) is 15.6 Å². The van der Waals surface area contributed by atoms with Crippen LogP contribution >= 0.6 is 0 Å². The van der Waals surface area contributed by atoms with E-state index >= 15 is 0 Å². The number of pyridine rings is 1. The Morgan fingerprint density at radius 3 is 2.77 bits per heavy atom. The van der Waals surface area contributed by atoms with Crippen LogP contribution in [0.3, 0.4) is 0 Å². The molecule has 2 aromatic rings. The number of piperidine rings is 1. The molecule has 0 spiro atoms. The van der Waals surface area contributed by atoms with E-state index in [1.807, 2.05) is 38.1 Å². The minimum Gasteiger partial charge on any atom is -0.488 e. The van der Waals surface area contributed by atoms with Crippen molar-refractivity contribution < 1.29 is 9.53 Å². The van der Waals surface area contributed by atoms with Crippen molar-refractivity contribution in [3.63, 3.8) is 0 Å². The van der Waals surface area contributed by atoms with Crippen molar-refractivity contribution in [2.75, 3.05) is 6.54 Å². The minimum absolute atomic E-state index is 0.0180. The summed E-state index contributed by atoms with van der Waals surface area (Å²) in [7, 11) is 0. The smallest absolute Gasteiger partial charge is 0.251 e. The molecule has 2 atom stereocenters. The van der Waals surface area contributed by atoms with Gasteiger partial charge in [0.15, 0.2) is 0 Å². The lowest BCUT2D eigenvalue weighted by Gasteiger charge is -2.30. The number of nitrogens with one attached hydrogen (secondary N) is 2. The average Bonchev–Trinajstić information content (AvgIpc) is 2.63. The average molecular weight is 353 g/mol. The lowest BCUT2D eigenvalue weighted by atomic mass is 9.99. The van der Waals surface area contributed by atoms with Crippen LogP contribution < -0.4 is 15.4 Å². The molecule has 2 unspecified atom stereocenters. The summed E-state index contributed by atoms with van der Waals surface area (Å²) in [6, 6.07) is 8.17. The van der Waals surface area contributed by atoms with Crippen LogP contribution in [0.4, 0.5) is 0 Å². The van der Waals surface area contributed by atoms with Crippen LogP contribution in [0.15, 0.2) is 36.7 Å². The van der Waals surface area contributed by atoms with Crippen molar-refractivity contribution in [3.8, 4) is 5.75 Å². The first-order chi connectivity index (χ1) is 12.5. The van der Waals surface area contributed by atoms with Gasteiger partial charge in [-0.1, -0.05) is 6.07 Å². The molecule has 2 N–H and O–H groups in total. The van der Waals surface area contributed by atoms with Crippen molar-refractivity contribution in [2.45, 2.75) is 52.3 Å². The zero-order valence-electron chi connectivity index (χ0n) is 15.7. The molecular weight excluding hydrogens is 326 g/mol. The summed E-state index contributed by atoms with van der Waals surface area (Å²) in [6.45, 7) is 7.57. The highest BCUT2D eigenvalue weighted by Gasteiger charge is 2.23. The van der Waals surface area contributed by atoms with Crippen molar-refractivity contribution >= 4 is 5.91 Å². The first-order valence-electron chi connectivity index (χ1n) is 9.22. The monoisotopic (exact) mass is 353 g/mol. The van der Waals surface area contributed by atoms with Gasteiger partial charge in [0.25, 0.3) is 5.91 Å². The van der Waals surface area contributed by atoms with E-state index in [2.05, 4.69) is 22.5 Å². The Morgan fingerprint density at radius 2 is 2.12 bits per heavy atom. The molecule has 1 fully saturated rings. The highest BCUT2D eigenvalue weighted by molar-refractivity contribution is 5.95. The largest absolute Gasteiger partial charge is 0.488 e. The fourth-order valence-electron chi connectivity index (χ4n) is 3.44. The maximum Gasteiger partial charge on any atom is 0.251 e. The summed E-state index contributed by atoms with van der Waals surface area (Å²) in [5.74, 6) is 0.814. The Bertz CT molecular complexity index is 738. The molecule has 3 rings (SSSR count). The first-order valence-corrected chi connectivity index (χ1v) is 9.22. The topological polar surface area (TPSA) is 63.2 Å². The Kier molecular flexibility index (Phi) is 5.89. The molecule has 26 heavy (non-hydrogen) atoms. The molecule has 5 nitrogen and oxygen atoms in total. The second-order valence-corrected chi connectivity index (χ2v) is 7.05. The van der Waals surface area contributed by atoms with Gasteiger partial charge >= 0.3 is 0 Å². The molecule has 5 heteroatoms. The van der Waals surface area contributed by atoms with E-state index in [4.69, 9.17) is 4.74 Å². The Balaban J connectivity index is 1.69. The van der Waals surface area contributed by atoms with Gasteiger partial charge in [-0.3, -0.25) is 9.78 Å². The first kappa shape index (κ1) is 18.4. The Hall–Kier alpha value is -2.40. The molecule has 0 aliphatic carbocycles. The number of benzene rings is 1. The number of nitrogens with zero attached hydrogens (tertiary/aromatic N) is 1. The normalized spacial score (nSPS) is 19.8. The van der Waals surface area contributed by atoms with Gasteiger partial charge in [0.1, 0.15) is 12.4 Å². The maximum absolute atomic E-state index is 12.7. The number of hydrogen-bond donors (Lipinski definition) is 2. The number of ether oxygens (including phenoxy) is 1. The summed E-state index contributed by atoms with van der Waals surface area (Å²) in [4.78, 5) is 16.8. The van der Waals surface area contributed by atoms with Gasteiger partial charge in [-0.15, -0.1) is 0 Å². The molecule has 138 valence electrons. The molecule has 0 saturated carbocycles. The third-order valence-corrected chi connectivity index (χ3v) is 4.91. The minimum atomic E-state index is -0.0180. The third kappa shape index (κ3) is 4.41. The molecule has 1 aliphatic heterocycles. The zero-order chi connectivity index (χ0) is 18.5. The summed E-state index contributed by atoms with van der Waals surface area (Å²) in [6.07, 6.45) is 5.65. The van der Waals surface area contributed by atoms with Gasteiger partial charge in [0.2, 0.25) is 0 Å². The summed E-state index contributed by atoms with van der Waals surface area (Å²) in [5, 5.41) is 6.58. The lowest BCUT2D eigenvalue weighted by molar-refractivity contribution is 0.0919. The SMILES string of the molecule is Cc1cc(C(=O)NC2CCCNC2C)cc(C)c1OCc1cccnc1. The van der Waals surface area contributed by atoms with Crippen LogP contribution in [-0.2, 0) is 6.61 Å². The molecule has 0 radical (unpaired) electrons. The molecule has 1 aromatic heterocycles. The fraction of sp³-hybridized carbons (Fsp3) is 0.429. The van der Waals surface area contributed by atoms with Crippen LogP contribution in [0.1, 0.15) is 46.8 Å². The molecule has 1 aromatic carbocycles. The number of rotatable bonds is 5. The summed E-state index contributed by atoms with van der Waals surface area (Å²) >= 11 is 0. The second kappa shape index (κ2) is 8.32. The molecule has 1 aliphatic rings. The van der Waals surface area contributed by atoms with Gasteiger partial charge in [-0.25, -0.2) is 0 Å². The molecule has 1 amide bonds. The van der Waals surface area contributed by atoms with Crippen LogP contribution in [0.5, 0.6) is 5.75 Å². The number of carbonyl (C=O) groups excluding carboxylic acids is 1. The van der Waals surface area contributed by atoms with Crippen molar-refractivity contribution in [3.05, 3.63) is 58.9 Å². The second-order valence-electron chi connectivity index (χ2n) is 7.05. The standard InChI is InChI=1S/C21H27N3O2/c1-14-10-18(21(25)24-19-7-5-9-23-16(19)3)11-15(2)20(14)26-13-17-6-4-8-22-12-17/h4,6,8,10-12,16,19,23H,5,7,9,13H2,1-3H3,(H,24,25). The molecule has 1 saturated heterocycles. The van der Waals surface area contributed by atoms with E-state index in [0.29, 0.717) is 18.2 Å². The number of amides is 1. The predicted molar refractivity (Wildman–Crippen MR) is 102 cm³/mol. The zero-order valence-corrected chi connectivity index (χ0v) is 15.7. The third-order valence-electron chi connectivity index (χ3n) is 4.91. The van der Waals surface area contributed by atoms with E-state index in [-0.39, 0.29) is 11.9 Å². The predicted octanol–water partition coefficient (Wildman–Crippen LogP) is 3.15. The number of aryl methyl sites for hydroxylation is 2. The fourth-order valence-corrected chi connectivity index (χ4v) is 3.44. The lowest BCUT2D eigenvalue weighted by Crippen LogP contribution is -2.51. The van der Waals surface area contributed by atoms with Crippen molar-refractivity contribution in [1.29, 1.82) is 0 Å². The van der Waals surface area contributed by atoms with Gasteiger partial charge in [-0.2, -0.15) is 0 Å². The van der Waals surface area contributed by atoms with Gasteiger partial charge in [0, 0.05) is 35.6 Å². The Labute approximate surface area is 155 Å². The van der Waals surface area contributed by atoms with Crippen molar-refractivity contribution in [2.24, 2.45) is 0 Å². The summed E-state index contributed by atoms with van der Waals surface area (Å²) < 4.78 is 5.97. The van der Waals surface area contributed by atoms with E-state index in [1.54, 1.807) is 12.4 Å². The number of hydrogen-bond acceptors (Lipinski definition) is 4. The van der Waals surface area contributed by atoms with E-state index < -0.39 is 0 Å². The Morgan fingerprint density at radius 1 is 1.35 bits per heavy atom.